The van der Waals surface area contributed by atoms with E-state index < -0.39 is 5.97 Å². The third-order valence-electron chi connectivity index (χ3n) is 3.56. The van der Waals surface area contributed by atoms with Gasteiger partial charge in [-0.1, -0.05) is 34.1 Å². The molecule has 0 radical (unpaired) electrons. The lowest BCUT2D eigenvalue weighted by molar-refractivity contribution is -0.141. The summed E-state index contributed by atoms with van der Waals surface area (Å²) >= 11 is 0. The van der Waals surface area contributed by atoms with E-state index >= 15 is 0 Å². The number of carboxylic acids is 1. The van der Waals surface area contributed by atoms with Crippen LogP contribution < -0.4 is 5.73 Å². The zero-order valence-electron chi connectivity index (χ0n) is 9.71. The van der Waals surface area contributed by atoms with Crippen LogP contribution >= 0.6 is 0 Å². The molecule has 0 saturated carbocycles. The van der Waals surface area contributed by atoms with Gasteiger partial charge in [0.05, 0.1) is 6.42 Å². The molecule has 14 heavy (non-hydrogen) atoms. The van der Waals surface area contributed by atoms with E-state index in [0.717, 1.165) is 12.8 Å². The van der Waals surface area contributed by atoms with E-state index in [1.54, 1.807) is 0 Å². The maximum atomic E-state index is 10.8. The van der Waals surface area contributed by atoms with Crippen LogP contribution in [-0.2, 0) is 4.79 Å². The first-order valence-electron chi connectivity index (χ1n) is 5.35. The van der Waals surface area contributed by atoms with Crippen LogP contribution in [0.2, 0.25) is 0 Å². The predicted molar refractivity (Wildman–Crippen MR) is 58.1 cm³/mol. The molecule has 3 atom stereocenters. The molecule has 0 saturated heterocycles. The smallest absolute Gasteiger partial charge is 0.303 e. The molecule has 3 heteroatoms. The number of carbonyl (C=O) groups is 1. The van der Waals surface area contributed by atoms with Gasteiger partial charge in [-0.25, -0.2) is 0 Å². The van der Waals surface area contributed by atoms with Crippen molar-refractivity contribution in [3.8, 4) is 0 Å². The fraction of sp³-hybridized carbons (Fsp3) is 0.909. The number of carboxylic acid groups (broad SMARTS) is 1. The lowest BCUT2D eigenvalue weighted by atomic mass is 9.68. The third kappa shape index (κ3) is 2.98. The van der Waals surface area contributed by atoms with Crippen molar-refractivity contribution in [2.45, 2.75) is 53.0 Å². The van der Waals surface area contributed by atoms with Crippen molar-refractivity contribution in [2.24, 2.45) is 17.1 Å². The second kappa shape index (κ2) is 5.35. The summed E-state index contributed by atoms with van der Waals surface area (Å²) in [5, 5.41) is 8.88. The second-order valence-electron chi connectivity index (χ2n) is 4.40. The summed E-state index contributed by atoms with van der Waals surface area (Å²) in [6, 6.07) is -0.0338. The number of hydrogen-bond donors (Lipinski definition) is 2. The standard InChI is InChI=1S/C11H23NO2/c1-5-8(3)11(4,7-10(13)14)9(12)6-2/h8-9H,5-7,12H2,1-4H3,(H,13,14). The van der Waals surface area contributed by atoms with E-state index in [2.05, 4.69) is 13.8 Å². The SMILES string of the molecule is CCC(C)C(C)(CC(=O)O)C(N)CC. The fourth-order valence-electron chi connectivity index (χ4n) is 1.93. The molecule has 0 heterocycles. The van der Waals surface area contributed by atoms with E-state index in [-0.39, 0.29) is 17.9 Å². The normalized spacial score (nSPS) is 19.8. The van der Waals surface area contributed by atoms with Gasteiger partial charge in [0.1, 0.15) is 0 Å². The second-order valence-corrected chi connectivity index (χ2v) is 4.40. The van der Waals surface area contributed by atoms with Gasteiger partial charge in [-0.15, -0.1) is 0 Å². The van der Waals surface area contributed by atoms with Crippen LogP contribution in [0.1, 0.15) is 47.0 Å². The van der Waals surface area contributed by atoms with Gasteiger partial charge in [-0.2, -0.15) is 0 Å². The average molecular weight is 201 g/mol. The molecule has 0 aromatic carbocycles. The van der Waals surface area contributed by atoms with Crippen molar-refractivity contribution in [3.05, 3.63) is 0 Å². The van der Waals surface area contributed by atoms with E-state index in [4.69, 9.17) is 10.8 Å². The van der Waals surface area contributed by atoms with Crippen molar-refractivity contribution in [1.29, 1.82) is 0 Å². The average Bonchev–Trinajstić information content (AvgIpc) is 2.13. The summed E-state index contributed by atoms with van der Waals surface area (Å²) in [6.07, 6.45) is 1.96. The highest BCUT2D eigenvalue weighted by molar-refractivity contribution is 5.67. The number of nitrogens with two attached hydrogens (primary N) is 1. The minimum absolute atomic E-state index is 0.0338. The number of rotatable bonds is 6. The molecule has 0 spiro atoms. The third-order valence-corrected chi connectivity index (χ3v) is 3.56. The maximum absolute atomic E-state index is 10.8. The van der Waals surface area contributed by atoms with E-state index in [1.165, 1.54) is 0 Å². The monoisotopic (exact) mass is 201 g/mol. The molecule has 84 valence electrons. The molecule has 0 rings (SSSR count). The highest BCUT2D eigenvalue weighted by Gasteiger charge is 2.37. The van der Waals surface area contributed by atoms with Gasteiger partial charge in [-0.3, -0.25) is 4.79 Å². The van der Waals surface area contributed by atoms with Gasteiger partial charge < -0.3 is 10.8 Å². The van der Waals surface area contributed by atoms with Crippen LogP contribution in [0, 0.1) is 11.3 Å². The van der Waals surface area contributed by atoms with Crippen LogP contribution in [0.15, 0.2) is 0 Å². The molecular formula is C11H23NO2. The van der Waals surface area contributed by atoms with Crippen molar-refractivity contribution < 1.29 is 9.90 Å². The first kappa shape index (κ1) is 13.4. The van der Waals surface area contributed by atoms with Gasteiger partial charge in [0.25, 0.3) is 0 Å². The summed E-state index contributed by atoms with van der Waals surface area (Å²) in [4.78, 5) is 10.8. The van der Waals surface area contributed by atoms with Gasteiger partial charge in [0, 0.05) is 6.04 Å². The van der Waals surface area contributed by atoms with E-state index in [9.17, 15) is 4.79 Å². The molecule has 3 N–H and O–H groups in total. The largest absolute Gasteiger partial charge is 0.481 e. The lowest BCUT2D eigenvalue weighted by Gasteiger charge is -2.39. The highest BCUT2D eigenvalue weighted by Crippen LogP contribution is 2.37. The Morgan fingerprint density at radius 3 is 2.21 bits per heavy atom. The molecule has 0 amide bonds. The Hall–Kier alpha value is -0.570. The number of hydrogen-bond acceptors (Lipinski definition) is 2. The molecule has 0 aliphatic rings. The zero-order chi connectivity index (χ0) is 11.4. The van der Waals surface area contributed by atoms with Crippen LogP contribution in [-0.4, -0.2) is 17.1 Å². The summed E-state index contributed by atoms with van der Waals surface area (Å²) in [5.74, 6) is -0.412. The van der Waals surface area contributed by atoms with Gasteiger partial charge in [0.2, 0.25) is 0 Å². The topological polar surface area (TPSA) is 63.3 Å². The first-order valence-corrected chi connectivity index (χ1v) is 5.35. The Bertz CT molecular complexity index is 182. The van der Waals surface area contributed by atoms with Crippen molar-refractivity contribution in [1.82, 2.24) is 0 Å². The quantitative estimate of drug-likeness (QED) is 0.692. The Morgan fingerprint density at radius 1 is 1.43 bits per heavy atom. The lowest BCUT2D eigenvalue weighted by Crippen LogP contribution is -2.45. The minimum atomic E-state index is -0.753. The minimum Gasteiger partial charge on any atom is -0.481 e. The highest BCUT2D eigenvalue weighted by atomic mass is 16.4. The Balaban J connectivity index is 4.73. The van der Waals surface area contributed by atoms with Gasteiger partial charge in [-0.05, 0) is 17.8 Å². The Morgan fingerprint density at radius 2 is 1.93 bits per heavy atom. The molecule has 0 aromatic rings. The Kier molecular flexibility index (Phi) is 5.13. The summed E-state index contributed by atoms with van der Waals surface area (Å²) < 4.78 is 0. The molecule has 3 nitrogen and oxygen atoms in total. The molecular weight excluding hydrogens is 178 g/mol. The van der Waals surface area contributed by atoms with Crippen LogP contribution in [0.3, 0.4) is 0 Å². The maximum Gasteiger partial charge on any atom is 0.303 e. The summed E-state index contributed by atoms with van der Waals surface area (Å²) in [6.45, 7) is 8.15. The predicted octanol–water partition coefficient (Wildman–Crippen LogP) is 2.25. The van der Waals surface area contributed by atoms with Crippen LogP contribution in [0.5, 0.6) is 0 Å². The molecule has 3 unspecified atom stereocenters. The first-order chi connectivity index (χ1) is 6.38. The van der Waals surface area contributed by atoms with Crippen LogP contribution in [0.25, 0.3) is 0 Å². The van der Waals surface area contributed by atoms with Crippen molar-refractivity contribution >= 4 is 5.97 Å². The number of aliphatic carboxylic acids is 1. The molecule has 0 aliphatic heterocycles. The zero-order valence-corrected chi connectivity index (χ0v) is 9.71. The molecule has 0 bridgehead atoms. The van der Waals surface area contributed by atoms with Gasteiger partial charge >= 0.3 is 5.97 Å². The van der Waals surface area contributed by atoms with Crippen LogP contribution in [0.4, 0.5) is 0 Å². The van der Waals surface area contributed by atoms with Gasteiger partial charge in [0.15, 0.2) is 0 Å². The van der Waals surface area contributed by atoms with Crippen molar-refractivity contribution in [3.63, 3.8) is 0 Å². The summed E-state index contributed by atoms with van der Waals surface area (Å²) in [5.41, 5.74) is 5.73. The van der Waals surface area contributed by atoms with E-state index in [1.807, 2.05) is 13.8 Å². The fourth-order valence-corrected chi connectivity index (χ4v) is 1.93. The Labute approximate surface area is 86.7 Å². The molecule has 0 aromatic heterocycles. The van der Waals surface area contributed by atoms with E-state index in [0.29, 0.717) is 5.92 Å². The summed E-state index contributed by atoms with van der Waals surface area (Å²) in [7, 11) is 0. The molecule has 0 fully saturated rings. The molecule has 0 aliphatic carbocycles. The van der Waals surface area contributed by atoms with Crippen molar-refractivity contribution in [2.75, 3.05) is 0 Å².